The third kappa shape index (κ3) is 2.67. The molecule has 0 radical (unpaired) electrons. The van der Waals surface area contributed by atoms with E-state index in [0.717, 1.165) is 18.8 Å². The second-order valence-electron chi connectivity index (χ2n) is 3.85. The number of hydrogen-bond acceptors (Lipinski definition) is 3. The lowest BCUT2D eigenvalue weighted by atomic mass is 10.1. The van der Waals surface area contributed by atoms with Gasteiger partial charge in [0.2, 0.25) is 0 Å². The number of benzene rings is 1. The first-order chi connectivity index (χ1) is 7.81. The van der Waals surface area contributed by atoms with Gasteiger partial charge in [0.15, 0.2) is 0 Å². The highest BCUT2D eigenvalue weighted by Crippen LogP contribution is 2.26. The van der Waals surface area contributed by atoms with E-state index in [0.29, 0.717) is 17.7 Å². The molecule has 1 N–H and O–H groups in total. The molecule has 2 unspecified atom stereocenters. The first-order valence-corrected chi connectivity index (χ1v) is 5.85. The Morgan fingerprint density at radius 2 is 2.25 bits per heavy atom. The van der Waals surface area contributed by atoms with Crippen molar-refractivity contribution >= 4 is 11.6 Å². The molecule has 16 heavy (non-hydrogen) atoms. The topological polar surface area (TPSA) is 30.5 Å². The van der Waals surface area contributed by atoms with Gasteiger partial charge < -0.3 is 14.8 Å². The molecule has 1 aliphatic rings. The quantitative estimate of drug-likeness (QED) is 0.879. The fourth-order valence-corrected chi connectivity index (χ4v) is 2.04. The van der Waals surface area contributed by atoms with Crippen molar-refractivity contribution in [1.29, 1.82) is 0 Å². The predicted molar refractivity (Wildman–Crippen MR) is 64.2 cm³/mol. The largest absolute Gasteiger partial charge is 0.485 e. The van der Waals surface area contributed by atoms with Gasteiger partial charge >= 0.3 is 0 Å². The Morgan fingerprint density at radius 3 is 3.00 bits per heavy atom. The summed E-state index contributed by atoms with van der Waals surface area (Å²) in [5.74, 6) is 0.722. The van der Waals surface area contributed by atoms with Crippen LogP contribution in [-0.2, 0) is 4.74 Å². The van der Waals surface area contributed by atoms with Gasteiger partial charge in [-0.1, -0.05) is 23.7 Å². The zero-order chi connectivity index (χ0) is 11.4. The fraction of sp³-hybridized carbons (Fsp3) is 0.500. The minimum absolute atomic E-state index is 0.0265. The maximum absolute atomic E-state index is 6.05. The number of hydrogen-bond donors (Lipinski definition) is 1. The normalized spacial score (nSPS) is 25.4. The van der Waals surface area contributed by atoms with E-state index in [4.69, 9.17) is 21.1 Å². The average Bonchev–Trinajstić information content (AvgIpc) is 2.33. The van der Waals surface area contributed by atoms with Crippen molar-refractivity contribution in [3.63, 3.8) is 0 Å². The number of nitrogens with one attached hydrogen (secondary N) is 1. The van der Waals surface area contributed by atoms with Crippen LogP contribution in [-0.4, -0.2) is 32.4 Å². The zero-order valence-electron chi connectivity index (χ0n) is 9.28. The van der Waals surface area contributed by atoms with Crippen molar-refractivity contribution < 1.29 is 9.47 Å². The molecule has 0 saturated carbocycles. The van der Waals surface area contributed by atoms with Gasteiger partial charge in [0.1, 0.15) is 11.9 Å². The van der Waals surface area contributed by atoms with Crippen LogP contribution in [0.25, 0.3) is 0 Å². The van der Waals surface area contributed by atoms with Crippen LogP contribution in [0.1, 0.15) is 6.42 Å². The molecule has 1 saturated heterocycles. The summed E-state index contributed by atoms with van der Waals surface area (Å²) in [6.07, 6.45) is 0.990. The van der Waals surface area contributed by atoms with E-state index in [-0.39, 0.29) is 6.10 Å². The molecular formula is C12H16ClNO2. The van der Waals surface area contributed by atoms with Gasteiger partial charge in [-0.15, -0.1) is 0 Å². The monoisotopic (exact) mass is 241 g/mol. The van der Waals surface area contributed by atoms with Crippen molar-refractivity contribution in [2.75, 3.05) is 20.3 Å². The SMILES string of the molecule is CNC1CCOCC1Oc1ccccc1Cl. The molecule has 1 aliphatic heterocycles. The summed E-state index contributed by atoms with van der Waals surface area (Å²) in [6, 6.07) is 7.84. The molecule has 0 aliphatic carbocycles. The minimum Gasteiger partial charge on any atom is -0.485 e. The first-order valence-electron chi connectivity index (χ1n) is 5.47. The Balaban J connectivity index is 2.05. The zero-order valence-corrected chi connectivity index (χ0v) is 10.0. The summed E-state index contributed by atoms with van der Waals surface area (Å²) in [5.41, 5.74) is 0. The third-order valence-electron chi connectivity index (χ3n) is 2.79. The Labute approximate surface area is 101 Å². The second-order valence-corrected chi connectivity index (χ2v) is 4.25. The fourth-order valence-electron chi connectivity index (χ4n) is 1.86. The van der Waals surface area contributed by atoms with Crippen molar-refractivity contribution in [2.24, 2.45) is 0 Å². The maximum Gasteiger partial charge on any atom is 0.138 e. The Bertz CT molecular complexity index is 346. The van der Waals surface area contributed by atoms with Crippen LogP contribution in [0, 0.1) is 0 Å². The molecule has 4 heteroatoms. The summed E-state index contributed by atoms with van der Waals surface area (Å²) in [7, 11) is 1.94. The molecule has 88 valence electrons. The number of para-hydroxylation sites is 1. The van der Waals surface area contributed by atoms with Gasteiger partial charge in [-0.05, 0) is 25.6 Å². The van der Waals surface area contributed by atoms with E-state index in [2.05, 4.69) is 5.32 Å². The molecule has 2 atom stereocenters. The van der Waals surface area contributed by atoms with Crippen LogP contribution in [0.4, 0.5) is 0 Å². The molecule has 1 heterocycles. The molecule has 0 bridgehead atoms. The number of likely N-dealkylation sites (N-methyl/N-ethyl adjacent to an activating group) is 1. The van der Waals surface area contributed by atoms with Gasteiger partial charge in [0.25, 0.3) is 0 Å². The molecule has 1 aromatic rings. The minimum atomic E-state index is 0.0265. The van der Waals surface area contributed by atoms with Gasteiger partial charge in [-0.2, -0.15) is 0 Å². The van der Waals surface area contributed by atoms with Crippen molar-refractivity contribution in [1.82, 2.24) is 5.32 Å². The van der Waals surface area contributed by atoms with E-state index >= 15 is 0 Å². The molecule has 0 amide bonds. The van der Waals surface area contributed by atoms with E-state index in [1.807, 2.05) is 31.3 Å². The smallest absolute Gasteiger partial charge is 0.138 e. The predicted octanol–water partition coefficient (Wildman–Crippen LogP) is 2.10. The van der Waals surface area contributed by atoms with Crippen LogP contribution in [0.3, 0.4) is 0 Å². The lowest BCUT2D eigenvalue weighted by Gasteiger charge is -2.31. The van der Waals surface area contributed by atoms with Crippen molar-refractivity contribution in [3.8, 4) is 5.75 Å². The van der Waals surface area contributed by atoms with Gasteiger partial charge in [0.05, 0.1) is 11.6 Å². The highest BCUT2D eigenvalue weighted by molar-refractivity contribution is 6.32. The van der Waals surface area contributed by atoms with Crippen LogP contribution in [0.2, 0.25) is 5.02 Å². The molecule has 1 aromatic carbocycles. The number of ether oxygens (including phenoxy) is 2. The van der Waals surface area contributed by atoms with Gasteiger partial charge in [0, 0.05) is 12.6 Å². The van der Waals surface area contributed by atoms with Crippen LogP contribution < -0.4 is 10.1 Å². The van der Waals surface area contributed by atoms with E-state index < -0.39 is 0 Å². The molecule has 0 spiro atoms. The van der Waals surface area contributed by atoms with Crippen LogP contribution in [0.5, 0.6) is 5.75 Å². The summed E-state index contributed by atoms with van der Waals surface area (Å²) in [5, 5.41) is 3.89. The van der Waals surface area contributed by atoms with Crippen LogP contribution in [0.15, 0.2) is 24.3 Å². The lowest BCUT2D eigenvalue weighted by molar-refractivity contribution is -0.0128. The molecule has 2 rings (SSSR count). The van der Waals surface area contributed by atoms with E-state index in [1.165, 1.54) is 0 Å². The Hall–Kier alpha value is -0.770. The average molecular weight is 242 g/mol. The van der Waals surface area contributed by atoms with Crippen molar-refractivity contribution in [2.45, 2.75) is 18.6 Å². The standard InChI is InChI=1S/C12H16ClNO2/c1-14-10-6-7-15-8-12(10)16-11-5-3-2-4-9(11)13/h2-5,10,12,14H,6-8H2,1H3. The highest BCUT2D eigenvalue weighted by atomic mass is 35.5. The molecule has 0 aromatic heterocycles. The molecule has 3 nitrogen and oxygen atoms in total. The van der Waals surface area contributed by atoms with Crippen molar-refractivity contribution in [3.05, 3.63) is 29.3 Å². The third-order valence-corrected chi connectivity index (χ3v) is 3.10. The molecule has 1 fully saturated rings. The summed E-state index contributed by atoms with van der Waals surface area (Å²) < 4.78 is 11.3. The Kier molecular flexibility index (Phi) is 4.04. The Morgan fingerprint density at radius 1 is 1.44 bits per heavy atom. The van der Waals surface area contributed by atoms with E-state index in [9.17, 15) is 0 Å². The second kappa shape index (κ2) is 5.53. The van der Waals surface area contributed by atoms with Crippen LogP contribution >= 0.6 is 11.6 Å². The molecular weight excluding hydrogens is 226 g/mol. The number of halogens is 1. The maximum atomic E-state index is 6.05. The summed E-state index contributed by atoms with van der Waals surface area (Å²) in [4.78, 5) is 0. The van der Waals surface area contributed by atoms with Gasteiger partial charge in [-0.25, -0.2) is 0 Å². The highest BCUT2D eigenvalue weighted by Gasteiger charge is 2.26. The van der Waals surface area contributed by atoms with Gasteiger partial charge in [-0.3, -0.25) is 0 Å². The van der Waals surface area contributed by atoms with E-state index in [1.54, 1.807) is 0 Å². The first kappa shape index (κ1) is 11.7. The number of rotatable bonds is 3. The summed E-state index contributed by atoms with van der Waals surface area (Å²) >= 11 is 6.05. The lowest BCUT2D eigenvalue weighted by Crippen LogP contribution is -2.48. The summed E-state index contributed by atoms with van der Waals surface area (Å²) in [6.45, 7) is 1.39.